The van der Waals surface area contributed by atoms with E-state index in [4.69, 9.17) is 4.74 Å². The Morgan fingerprint density at radius 2 is 1.35 bits per heavy atom. The summed E-state index contributed by atoms with van der Waals surface area (Å²) in [7, 11) is 0. The minimum absolute atomic E-state index is 0.164. The maximum absolute atomic E-state index is 12.6. The summed E-state index contributed by atoms with van der Waals surface area (Å²) in [6.07, 6.45) is 4.36. The quantitative estimate of drug-likeness (QED) is 0.337. The molecule has 23 heavy (non-hydrogen) atoms. The van der Waals surface area contributed by atoms with E-state index in [2.05, 4.69) is 15.9 Å². The fourth-order valence-electron chi connectivity index (χ4n) is 2.56. The van der Waals surface area contributed by atoms with Gasteiger partial charge in [0.25, 0.3) is 0 Å². The molecule has 0 aliphatic rings. The van der Waals surface area contributed by atoms with Crippen LogP contribution in [0.3, 0.4) is 0 Å². The summed E-state index contributed by atoms with van der Waals surface area (Å²) in [5.74, 6) is -0.511. The average molecular weight is 375 g/mol. The van der Waals surface area contributed by atoms with Crippen LogP contribution in [0.5, 0.6) is 0 Å². The number of hydrogen-bond donors (Lipinski definition) is 0. The first-order valence-electron chi connectivity index (χ1n) is 8.15. The highest BCUT2D eigenvalue weighted by atomic mass is 79.9. The summed E-state index contributed by atoms with van der Waals surface area (Å²) >= 11 is 3.43. The number of unbranched alkanes of at least 4 members (excludes halogenated alkanes) is 3. The van der Waals surface area contributed by atoms with Crippen molar-refractivity contribution >= 4 is 21.9 Å². The summed E-state index contributed by atoms with van der Waals surface area (Å²) in [5.41, 5.74) is 1.95. The van der Waals surface area contributed by atoms with Gasteiger partial charge in [0.05, 0.1) is 6.61 Å². The topological polar surface area (TPSA) is 26.3 Å². The predicted octanol–water partition coefficient (Wildman–Crippen LogP) is 5.32. The molecule has 0 amide bonds. The number of halogens is 1. The van der Waals surface area contributed by atoms with Crippen LogP contribution in [0.4, 0.5) is 0 Å². The van der Waals surface area contributed by atoms with Crippen molar-refractivity contribution in [2.75, 3.05) is 11.9 Å². The van der Waals surface area contributed by atoms with Crippen LogP contribution < -0.4 is 0 Å². The molecule has 3 heteroatoms. The first-order chi connectivity index (χ1) is 11.3. The van der Waals surface area contributed by atoms with Crippen LogP contribution in [-0.4, -0.2) is 17.9 Å². The lowest BCUT2D eigenvalue weighted by molar-refractivity contribution is -0.144. The normalized spacial score (nSPS) is 10.7. The standard InChI is InChI=1S/C20H23BrO2/c21-15-9-1-2-10-16-23-20(22)19(17-11-5-3-6-12-17)18-13-7-4-8-14-18/h3-8,11-14,19H,1-2,9-10,15-16H2. The van der Waals surface area contributed by atoms with Crippen molar-refractivity contribution < 1.29 is 9.53 Å². The molecule has 2 rings (SSSR count). The van der Waals surface area contributed by atoms with Crippen molar-refractivity contribution in [3.05, 3.63) is 71.8 Å². The van der Waals surface area contributed by atoms with Gasteiger partial charge in [0, 0.05) is 5.33 Å². The van der Waals surface area contributed by atoms with Gasteiger partial charge in [-0.15, -0.1) is 0 Å². The fraction of sp³-hybridized carbons (Fsp3) is 0.350. The highest BCUT2D eigenvalue weighted by Gasteiger charge is 2.23. The maximum atomic E-state index is 12.6. The average Bonchev–Trinajstić information content (AvgIpc) is 2.60. The minimum Gasteiger partial charge on any atom is -0.465 e. The van der Waals surface area contributed by atoms with E-state index >= 15 is 0 Å². The third-order valence-corrected chi connectivity index (χ3v) is 4.33. The van der Waals surface area contributed by atoms with Crippen LogP contribution in [0.25, 0.3) is 0 Å². The van der Waals surface area contributed by atoms with Gasteiger partial charge in [-0.05, 0) is 24.0 Å². The molecule has 0 N–H and O–H groups in total. The monoisotopic (exact) mass is 374 g/mol. The Hall–Kier alpha value is -1.61. The second kappa shape index (κ2) is 10.2. The van der Waals surface area contributed by atoms with E-state index in [-0.39, 0.29) is 11.9 Å². The Labute approximate surface area is 147 Å². The summed E-state index contributed by atoms with van der Waals surface area (Å²) in [5, 5.41) is 1.04. The van der Waals surface area contributed by atoms with Crippen molar-refractivity contribution in [2.45, 2.75) is 31.6 Å². The molecule has 0 heterocycles. The Bertz CT molecular complexity index is 529. The van der Waals surface area contributed by atoms with Crippen molar-refractivity contribution in [3.8, 4) is 0 Å². The van der Waals surface area contributed by atoms with Gasteiger partial charge in [-0.1, -0.05) is 89.4 Å². The molecule has 2 aromatic rings. The molecule has 0 aliphatic heterocycles. The lowest BCUT2D eigenvalue weighted by atomic mass is 9.91. The lowest BCUT2D eigenvalue weighted by Crippen LogP contribution is -2.18. The summed E-state index contributed by atoms with van der Waals surface area (Å²) in [4.78, 5) is 12.6. The van der Waals surface area contributed by atoms with E-state index in [1.807, 2.05) is 60.7 Å². The van der Waals surface area contributed by atoms with Crippen molar-refractivity contribution in [1.29, 1.82) is 0 Å². The van der Waals surface area contributed by atoms with Crippen LogP contribution in [0.1, 0.15) is 42.7 Å². The number of carbonyl (C=O) groups is 1. The molecule has 0 aliphatic carbocycles. The molecule has 2 aromatic carbocycles. The molecular weight excluding hydrogens is 352 g/mol. The number of alkyl halides is 1. The van der Waals surface area contributed by atoms with Crippen LogP contribution in [-0.2, 0) is 9.53 Å². The molecule has 0 aromatic heterocycles. The van der Waals surface area contributed by atoms with Gasteiger partial charge in [0.2, 0.25) is 0 Å². The maximum Gasteiger partial charge on any atom is 0.317 e. The van der Waals surface area contributed by atoms with Crippen LogP contribution in [0, 0.1) is 0 Å². The summed E-state index contributed by atoms with van der Waals surface area (Å²) in [6, 6.07) is 19.7. The Kier molecular flexibility index (Phi) is 7.88. The number of carbonyl (C=O) groups excluding carboxylic acids is 1. The molecule has 122 valence electrons. The number of benzene rings is 2. The van der Waals surface area contributed by atoms with Gasteiger partial charge in [-0.3, -0.25) is 4.79 Å². The zero-order valence-corrected chi connectivity index (χ0v) is 14.9. The van der Waals surface area contributed by atoms with E-state index in [9.17, 15) is 4.79 Å². The van der Waals surface area contributed by atoms with E-state index in [1.165, 1.54) is 12.8 Å². The number of ether oxygens (including phenoxy) is 1. The molecule has 0 bridgehead atoms. The molecule has 0 saturated heterocycles. The molecule has 0 spiro atoms. The van der Waals surface area contributed by atoms with Crippen molar-refractivity contribution in [2.24, 2.45) is 0 Å². The van der Waals surface area contributed by atoms with E-state index in [0.717, 1.165) is 29.3 Å². The van der Waals surface area contributed by atoms with Crippen LogP contribution in [0.15, 0.2) is 60.7 Å². The molecule has 2 nitrogen and oxygen atoms in total. The van der Waals surface area contributed by atoms with Gasteiger partial charge in [0.1, 0.15) is 5.92 Å². The SMILES string of the molecule is O=C(OCCCCCCBr)C(c1ccccc1)c1ccccc1. The first kappa shape index (κ1) is 17.7. The summed E-state index contributed by atoms with van der Waals surface area (Å²) in [6.45, 7) is 0.497. The molecule has 0 saturated carbocycles. The lowest BCUT2D eigenvalue weighted by Gasteiger charge is -2.17. The summed E-state index contributed by atoms with van der Waals surface area (Å²) < 4.78 is 5.54. The molecular formula is C20H23BrO2. The zero-order valence-electron chi connectivity index (χ0n) is 13.3. The Balaban J connectivity index is 1.99. The van der Waals surface area contributed by atoms with E-state index in [1.54, 1.807) is 0 Å². The number of hydrogen-bond acceptors (Lipinski definition) is 2. The highest BCUT2D eigenvalue weighted by Crippen LogP contribution is 2.26. The van der Waals surface area contributed by atoms with Crippen molar-refractivity contribution in [1.82, 2.24) is 0 Å². The third kappa shape index (κ3) is 5.83. The van der Waals surface area contributed by atoms with Gasteiger partial charge in [0.15, 0.2) is 0 Å². The van der Waals surface area contributed by atoms with Gasteiger partial charge >= 0.3 is 5.97 Å². The van der Waals surface area contributed by atoms with Crippen LogP contribution >= 0.6 is 15.9 Å². The molecule has 0 unspecified atom stereocenters. The van der Waals surface area contributed by atoms with E-state index < -0.39 is 0 Å². The second-order valence-electron chi connectivity index (χ2n) is 5.53. The molecule has 0 atom stereocenters. The zero-order chi connectivity index (χ0) is 16.3. The molecule has 0 fully saturated rings. The third-order valence-electron chi connectivity index (χ3n) is 3.77. The number of esters is 1. The highest BCUT2D eigenvalue weighted by molar-refractivity contribution is 9.09. The fourth-order valence-corrected chi connectivity index (χ4v) is 2.96. The second-order valence-corrected chi connectivity index (χ2v) is 6.32. The largest absolute Gasteiger partial charge is 0.465 e. The van der Waals surface area contributed by atoms with Gasteiger partial charge in [-0.2, -0.15) is 0 Å². The Morgan fingerprint density at radius 3 is 1.87 bits per heavy atom. The Morgan fingerprint density at radius 1 is 0.826 bits per heavy atom. The van der Waals surface area contributed by atoms with Crippen molar-refractivity contribution in [3.63, 3.8) is 0 Å². The molecule has 0 radical (unpaired) electrons. The smallest absolute Gasteiger partial charge is 0.317 e. The predicted molar refractivity (Wildman–Crippen MR) is 97.9 cm³/mol. The van der Waals surface area contributed by atoms with Crippen LogP contribution in [0.2, 0.25) is 0 Å². The minimum atomic E-state index is -0.347. The first-order valence-corrected chi connectivity index (χ1v) is 9.27. The van der Waals surface area contributed by atoms with E-state index in [0.29, 0.717) is 6.61 Å². The van der Waals surface area contributed by atoms with Gasteiger partial charge < -0.3 is 4.74 Å². The number of rotatable bonds is 9. The van der Waals surface area contributed by atoms with Gasteiger partial charge in [-0.25, -0.2) is 0 Å².